The van der Waals surface area contributed by atoms with Crippen molar-refractivity contribution in [3.8, 4) is 0 Å². The Kier molecular flexibility index (Phi) is 4.16. The van der Waals surface area contributed by atoms with Crippen LogP contribution < -0.4 is 0 Å². The zero-order chi connectivity index (χ0) is 13.1. The van der Waals surface area contributed by atoms with E-state index in [-0.39, 0.29) is 6.61 Å². The highest BCUT2D eigenvalue weighted by Crippen LogP contribution is 2.39. The van der Waals surface area contributed by atoms with Crippen LogP contribution >= 0.6 is 23.5 Å². The van der Waals surface area contributed by atoms with Gasteiger partial charge < -0.3 is 5.11 Å². The standard InChI is InChI=1S/C16H16OS2/c17-10-12-4-3-6-14(8-12)18-11-15-9-13-5-1-2-7-16(13)19-15/h1-8,15,17H,9-11H2. The minimum atomic E-state index is 0.123. The van der Waals surface area contributed by atoms with Gasteiger partial charge in [-0.2, -0.15) is 0 Å². The van der Waals surface area contributed by atoms with E-state index in [0.29, 0.717) is 5.25 Å². The molecule has 1 heterocycles. The topological polar surface area (TPSA) is 20.2 Å². The Hall–Kier alpha value is -0.900. The van der Waals surface area contributed by atoms with Crippen molar-refractivity contribution in [2.75, 3.05) is 5.75 Å². The molecule has 1 nitrogen and oxygen atoms in total. The highest BCUT2D eigenvalue weighted by atomic mass is 32.2. The van der Waals surface area contributed by atoms with Crippen LogP contribution in [0.2, 0.25) is 0 Å². The molecule has 0 amide bonds. The summed E-state index contributed by atoms with van der Waals surface area (Å²) < 4.78 is 0. The summed E-state index contributed by atoms with van der Waals surface area (Å²) in [6, 6.07) is 16.9. The van der Waals surface area contributed by atoms with Gasteiger partial charge in [-0.3, -0.25) is 0 Å². The zero-order valence-corrected chi connectivity index (χ0v) is 12.2. The number of rotatable bonds is 4. The van der Waals surface area contributed by atoms with Crippen LogP contribution in [0.3, 0.4) is 0 Å². The molecule has 0 aliphatic carbocycles. The van der Waals surface area contributed by atoms with Crippen LogP contribution in [0.15, 0.2) is 58.3 Å². The lowest BCUT2D eigenvalue weighted by atomic mass is 10.1. The molecule has 2 aromatic carbocycles. The van der Waals surface area contributed by atoms with Gasteiger partial charge in [0.2, 0.25) is 0 Å². The van der Waals surface area contributed by atoms with Crippen LogP contribution in [-0.2, 0) is 13.0 Å². The fraction of sp³-hybridized carbons (Fsp3) is 0.250. The van der Waals surface area contributed by atoms with E-state index in [9.17, 15) is 0 Å². The van der Waals surface area contributed by atoms with Crippen LogP contribution in [0.5, 0.6) is 0 Å². The van der Waals surface area contributed by atoms with Crippen molar-refractivity contribution < 1.29 is 5.11 Å². The molecule has 3 rings (SSSR count). The third-order valence-corrected chi connectivity index (χ3v) is 5.92. The highest BCUT2D eigenvalue weighted by Gasteiger charge is 2.21. The highest BCUT2D eigenvalue weighted by molar-refractivity contribution is 8.03. The van der Waals surface area contributed by atoms with Crippen LogP contribution in [0, 0.1) is 0 Å². The van der Waals surface area contributed by atoms with Gasteiger partial charge in [0, 0.05) is 20.8 Å². The van der Waals surface area contributed by atoms with E-state index >= 15 is 0 Å². The molecule has 98 valence electrons. The summed E-state index contributed by atoms with van der Waals surface area (Å²) in [5.41, 5.74) is 2.48. The number of thioether (sulfide) groups is 2. The molecule has 0 aromatic heterocycles. The lowest BCUT2D eigenvalue weighted by Crippen LogP contribution is -2.03. The van der Waals surface area contributed by atoms with E-state index in [4.69, 9.17) is 5.11 Å². The van der Waals surface area contributed by atoms with E-state index in [1.807, 2.05) is 35.7 Å². The van der Waals surface area contributed by atoms with Crippen LogP contribution in [0.4, 0.5) is 0 Å². The van der Waals surface area contributed by atoms with Crippen LogP contribution in [0.1, 0.15) is 11.1 Å². The minimum absolute atomic E-state index is 0.123. The number of aliphatic hydroxyl groups excluding tert-OH is 1. The van der Waals surface area contributed by atoms with Gasteiger partial charge in [0.1, 0.15) is 0 Å². The van der Waals surface area contributed by atoms with E-state index in [2.05, 4.69) is 36.4 Å². The van der Waals surface area contributed by atoms with Crippen molar-refractivity contribution in [1.82, 2.24) is 0 Å². The van der Waals surface area contributed by atoms with Crippen LogP contribution in [-0.4, -0.2) is 16.1 Å². The van der Waals surface area contributed by atoms with Gasteiger partial charge >= 0.3 is 0 Å². The maximum absolute atomic E-state index is 9.15. The Morgan fingerprint density at radius 2 is 2.05 bits per heavy atom. The summed E-state index contributed by atoms with van der Waals surface area (Å²) >= 11 is 3.88. The monoisotopic (exact) mass is 288 g/mol. The normalized spacial score (nSPS) is 17.4. The molecule has 19 heavy (non-hydrogen) atoms. The lowest BCUT2D eigenvalue weighted by Gasteiger charge is -2.08. The predicted octanol–water partition coefficient (Wildman–Crippen LogP) is 3.99. The smallest absolute Gasteiger partial charge is 0.0682 e. The molecule has 0 fully saturated rings. The number of hydrogen-bond acceptors (Lipinski definition) is 3. The quantitative estimate of drug-likeness (QED) is 0.859. The zero-order valence-electron chi connectivity index (χ0n) is 10.6. The van der Waals surface area contributed by atoms with E-state index in [1.54, 1.807) is 0 Å². The van der Waals surface area contributed by atoms with Gasteiger partial charge in [0.15, 0.2) is 0 Å². The first-order valence-corrected chi connectivity index (χ1v) is 8.29. The van der Waals surface area contributed by atoms with Gasteiger partial charge in [-0.05, 0) is 35.7 Å². The Labute approximate surface area is 122 Å². The molecule has 0 radical (unpaired) electrons. The van der Waals surface area contributed by atoms with Gasteiger partial charge in [-0.15, -0.1) is 23.5 Å². The summed E-state index contributed by atoms with van der Waals surface area (Å²) in [5.74, 6) is 1.12. The SMILES string of the molecule is OCc1cccc(SCC2Cc3ccccc3S2)c1. The number of benzene rings is 2. The van der Waals surface area contributed by atoms with Gasteiger partial charge in [0.05, 0.1) is 6.61 Å². The van der Waals surface area contributed by atoms with Crippen molar-refractivity contribution in [2.45, 2.75) is 28.1 Å². The molecule has 1 unspecified atom stereocenters. The summed E-state index contributed by atoms with van der Waals surface area (Å²) in [6.07, 6.45) is 1.17. The Bertz CT molecular complexity index is 543. The Balaban J connectivity index is 1.59. The molecule has 0 bridgehead atoms. The Morgan fingerprint density at radius 1 is 1.16 bits per heavy atom. The Morgan fingerprint density at radius 3 is 2.89 bits per heavy atom. The predicted molar refractivity (Wildman–Crippen MR) is 82.9 cm³/mol. The average molecular weight is 288 g/mol. The third-order valence-electron chi connectivity index (χ3n) is 3.23. The first-order chi connectivity index (χ1) is 9.35. The van der Waals surface area contributed by atoms with Crippen molar-refractivity contribution in [1.29, 1.82) is 0 Å². The molecule has 0 spiro atoms. The second kappa shape index (κ2) is 6.04. The van der Waals surface area contributed by atoms with E-state index in [0.717, 1.165) is 11.3 Å². The molecular weight excluding hydrogens is 272 g/mol. The first kappa shape index (κ1) is 13.1. The third kappa shape index (κ3) is 3.16. The molecule has 2 aromatic rings. The molecule has 0 saturated heterocycles. The van der Waals surface area contributed by atoms with E-state index < -0.39 is 0 Å². The summed E-state index contributed by atoms with van der Waals surface area (Å²) in [5, 5.41) is 9.81. The van der Waals surface area contributed by atoms with Crippen molar-refractivity contribution in [2.24, 2.45) is 0 Å². The van der Waals surface area contributed by atoms with Gasteiger partial charge in [-0.1, -0.05) is 30.3 Å². The number of fused-ring (bicyclic) bond motifs is 1. The maximum Gasteiger partial charge on any atom is 0.0682 e. The summed E-state index contributed by atoms with van der Waals surface area (Å²) in [6.45, 7) is 0.123. The maximum atomic E-state index is 9.15. The second-order valence-electron chi connectivity index (χ2n) is 4.67. The minimum Gasteiger partial charge on any atom is -0.392 e. The van der Waals surface area contributed by atoms with Crippen molar-refractivity contribution >= 4 is 23.5 Å². The average Bonchev–Trinajstić information content (AvgIpc) is 2.88. The number of aliphatic hydroxyl groups is 1. The molecule has 1 atom stereocenters. The summed E-state index contributed by atoms with van der Waals surface area (Å²) in [4.78, 5) is 2.69. The largest absolute Gasteiger partial charge is 0.392 e. The van der Waals surface area contributed by atoms with Gasteiger partial charge in [0.25, 0.3) is 0 Å². The van der Waals surface area contributed by atoms with Crippen LogP contribution in [0.25, 0.3) is 0 Å². The van der Waals surface area contributed by atoms with Crippen molar-refractivity contribution in [3.05, 3.63) is 59.7 Å². The molecule has 1 aliphatic heterocycles. The fourth-order valence-corrected chi connectivity index (χ4v) is 4.73. The molecule has 1 aliphatic rings. The lowest BCUT2D eigenvalue weighted by molar-refractivity contribution is 0.281. The molecule has 1 N–H and O–H groups in total. The molecule has 0 saturated carbocycles. The fourth-order valence-electron chi connectivity index (χ4n) is 2.27. The van der Waals surface area contributed by atoms with Gasteiger partial charge in [-0.25, -0.2) is 0 Å². The number of hydrogen-bond donors (Lipinski definition) is 1. The molecular formula is C16H16OS2. The second-order valence-corrected chi connectivity index (χ2v) is 7.10. The first-order valence-electron chi connectivity index (χ1n) is 6.42. The summed E-state index contributed by atoms with van der Waals surface area (Å²) in [7, 11) is 0. The molecule has 3 heteroatoms. The van der Waals surface area contributed by atoms with E-state index in [1.165, 1.54) is 21.8 Å². The van der Waals surface area contributed by atoms with Crippen molar-refractivity contribution in [3.63, 3.8) is 0 Å².